The fourth-order valence-electron chi connectivity index (χ4n) is 1.99. The fraction of sp³-hybridized carbons (Fsp3) is 0.0769. The molecular formula is C13H9ClN2O2S. The van der Waals surface area contributed by atoms with Crippen molar-refractivity contribution in [2.24, 2.45) is 0 Å². The van der Waals surface area contributed by atoms with Crippen LogP contribution in [-0.4, -0.2) is 20.6 Å². The van der Waals surface area contributed by atoms with Crippen LogP contribution < -0.4 is 0 Å². The second-order valence-corrected chi connectivity index (χ2v) is 5.44. The zero-order valence-electron chi connectivity index (χ0n) is 9.71. The molecule has 1 aromatic carbocycles. The summed E-state index contributed by atoms with van der Waals surface area (Å²) >= 11 is 7.15. The average molecular weight is 293 g/mol. The Morgan fingerprint density at radius 1 is 1.42 bits per heavy atom. The number of nitrogens with zero attached hydrogens (tertiary/aromatic N) is 2. The van der Waals surface area contributed by atoms with Crippen LogP contribution in [0.5, 0.6) is 0 Å². The van der Waals surface area contributed by atoms with Crippen molar-refractivity contribution < 1.29 is 9.90 Å². The molecule has 0 saturated heterocycles. The number of fused-ring (bicyclic) bond motifs is 1. The molecule has 96 valence electrons. The van der Waals surface area contributed by atoms with Crippen LogP contribution in [0.25, 0.3) is 11.0 Å². The molecule has 0 aliphatic rings. The third-order valence-electron chi connectivity index (χ3n) is 2.86. The van der Waals surface area contributed by atoms with Gasteiger partial charge in [-0.3, -0.25) is 0 Å². The molecule has 0 saturated carbocycles. The Kier molecular flexibility index (Phi) is 3.00. The van der Waals surface area contributed by atoms with Gasteiger partial charge in [-0.15, -0.1) is 11.3 Å². The van der Waals surface area contributed by atoms with E-state index in [2.05, 4.69) is 4.98 Å². The van der Waals surface area contributed by atoms with E-state index < -0.39 is 5.97 Å². The molecule has 3 aromatic rings. The quantitative estimate of drug-likeness (QED) is 0.804. The predicted octanol–water partition coefficient (Wildman–Crippen LogP) is 3.50. The van der Waals surface area contributed by atoms with Gasteiger partial charge in [0.2, 0.25) is 0 Å². The van der Waals surface area contributed by atoms with E-state index in [0.29, 0.717) is 16.4 Å². The van der Waals surface area contributed by atoms with Crippen molar-refractivity contribution in [3.63, 3.8) is 0 Å². The molecule has 1 N–H and O–H groups in total. The van der Waals surface area contributed by atoms with Crippen molar-refractivity contribution >= 4 is 39.9 Å². The van der Waals surface area contributed by atoms with Crippen LogP contribution >= 0.6 is 22.9 Å². The summed E-state index contributed by atoms with van der Waals surface area (Å²) in [5, 5.41) is 11.5. The number of carbonyl (C=O) groups is 1. The first-order chi connectivity index (χ1) is 9.15. The number of hydrogen-bond donors (Lipinski definition) is 1. The summed E-state index contributed by atoms with van der Waals surface area (Å²) in [7, 11) is 0. The zero-order chi connectivity index (χ0) is 13.4. The number of halogens is 1. The smallest absolute Gasteiger partial charge is 0.346 e. The maximum Gasteiger partial charge on any atom is 0.346 e. The van der Waals surface area contributed by atoms with Gasteiger partial charge in [0, 0.05) is 5.02 Å². The molecule has 2 aromatic heterocycles. The third-order valence-corrected chi connectivity index (χ3v) is 4.04. The first-order valence-corrected chi connectivity index (χ1v) is 6.81. The fourth-order valence-corrected chi connectivity index (χ4v) is 2.91. The molecule has 2 heterocycles. The highest BCUT2D eigenvalue weighted by molar-refractivity contribution is 7.12. The Hall–Kier alpha value is -1.85. The monoisotopic (exact) mass is 292 g/mol. The zero-order valence-corrected chi connectivity index (χ0v) is 11.3. The Balaban J connectivity index is 2.01. The number of carboxylic acid groups (broad SMARTS) is 1. The van der Waals surface area contributed by atoms with Crippen LogP contribution in [0.15, 0.2) is 36.0 Å². The lowest BCUT2D eigenvalue weighted by Crippen LogP contribution is -2.03. The van der Waals surface area contributed by atoms with Crippen molar-refractivity contribution in [2.45, 2.75) is 6.54 Å². The van der Waals surface area contributed by atoms with Crippen molar-refractivity contribution in [3.05, 3.63) is 51.4 Å². The van der Waals surface area contributed by atoms with Gasteiger partial charge in [0.25, 0.3) is 0 Å². The Bertz CT molecular complexity index is 763. The summed E-state index contributed by atoms with van der Waals surface area (Å²) in [4.78, 5) is 15.7. The minimum absolute atomic E-state index is 0.371. The van der Waals surface area contributed by atoms with Gasteiger partial charge in [0.05, 0.1) is 23.9 Å². The molecule has 0 amide bonds. The number of thiophene rings is 1. The molecule has 0 unspecified atom stereocenters. The summed E-state index contributed by atoms with van der Waals surface area (Å²) in [6.45, 7) is 0.489. The van der Waals surface area contributed by atoms with E-state index >= 15 is 0 Å². The molecule has 19 heavy (non-hydrogen) atoms. The van der Waals surface area contributed by atoms with E-state index in [1.807, 2.05) is 16.7 Å². The van der Waals surface area contributed by atoms with Gasteiger partial charge in [-0.1, -0.05) is 11.6 Å². The van der Waals surface area contributed by atoms with Crippen LogP contribution in [0, 0.1) is 0 Å². The Morgan fingerprint density at radius 3 is 3.05 bits per heavy atom. The van der Waals surface area contributed by atoms with Gasteiger partial charge >= 0.3 is 5.97 Å². The molecule has 0 atom stereocenters. The van der Waals surface area contributed by atoms with Crippen LogP contribution in [0.4, 0.5) is 0 Å². The minimum Gasteiger partial charge on any atom is -0.477 e. The molecule has 6 heteroatoms. The van der Waals surface area contributed by atoms with Crippen molar-refractivity contribution in [1.82, 2.24) is 9.55 Å². The normalized spacial score (nSPS) is 11.0. The summed E-state index contributed by atoms with van der Waals surface area (Å²) < 4.78 is 1.92. The largest absolute Gasteiger partial charge is 0.477 e. The first-order valence-electron chi connectivity index (χ1n) is 5.55. The lowest BCUT2D eigenvalue weighted by Gasteiger charge is -2.04. The van der Waals surface area contributed by atoms with Crippen LogP contribution in [-0.2, 0) is 6.54 Å². The first kappa shape index (κ1) is 12.2. The molecule has 4 nitrogen and oxygen atoms in total. The topological polar surface area (TPSA) is 55.1 Å². The molecule has 0 aliphatic heterocycles. The number of carboxylic acids is 1. The number of rotatable bonds is 3. The van der Waals surface area contributed by atoms with Gasteiger partial charge in [0.1, 0.15) is 4.88 Å². The van der Waals surface area contributed by atoms with E-state index in [4.69, 9.17) is 16.7 Å². The number of imidazole rings is 1. The van der Waals surface area contributed by atoms with E-state index in [0.717, 1.165) is 16.6 Å². The van der Waals surface area contributed by atoms with Gasteiger partial charge < -0.3 is 9.67 Å². The van der Waals surface area contributed by atoms with E-state index in [1.165, 1.54) is 11.3 Å². The lowest BCUT2D eigenvalue weighted by molar-refractivity contribution is 0.0701. The standard InChI is InChI=1S/C13H9ClN2O2S/c14-9-1-2-11-10(5-9)15-7-16(11)6-8-3-4-19-12(8)13(17)18/h1-5,7H,6H2,(H,17,18). The second-order valence-electron chi connectivity index (χ2n) is 4.09. The maximum atomic E-state index is 11.1. The van der Waals surface area contributed by atoms with Gasteiger partial charge in [0.15, 0.2) is 0 Å². The average Bonchev–Trinajstić information content (AvgIpc) is 2.97. The van der Waals surface area contributed by atoms with Crippen molar-refractivity contribution in [3.8, 4) is 0 Å². The highest BCUT2D eigenvalue weighted by atomic mass is 35.5. The molecule has 0 radical (unpaired) electrons. The number of benzene rings is 1. The Morgan fingerprint density at radius 2 is 2.26 bits per heavy atom. The molecule has 0 bridgehead atoms. The summed E-state index contributed by atoms with van der Waals surface area (Å²) in [5.74, 6) is -0.891. The van der Waals surface area contributed by atoms with Crippen molar-refractivity contribution in [1.29, 1.82) is 0 Å². The van der Waals surface area contributed by atoms with Gasteiger partial charge in [-0.25, -0.2) is 9.78 Å². The number of aromatic nitrogens is 2. The number of hydrogen-bond acceptors (Lipinski definition) is 3. The minimum atomic E-state index is -0.891. The van der Waals surface area contributed by atoms with Crippen LogP contribution in [0.3, 0.4) is 0 Å². The van der Waals surface area contributed by atoms with Gasteiger partial charge in [-0.2, -0.15) is 0 Å². The predicted molar refractivity (Wildman–Crippen MR) is 75.1 cm³/mol. The highest BCUT2D eigenvalue weighted by Crippen LogP contribution is 2.22. The molecule has 3 rings (SSSR count). The molecule has 0 spiro atoms. The van der Waals surface area contributed by atoms with Crippen molar-refractivity contribution in [2.75, 3.05) is 0 Å². The maximum absolute atomic E-state index is 11.1. The SMILES string of the molecule is O=C(O)c1sccc1Cn1cnc2cc(Cl)ccc21. The van der Waals surface area contributed by atoms with E-state index in [9.17, 15) is 4.79 Å². The van der Waals surface area contributed by atoms with Crippen LogP contribution in [0.1, 0.15) is 15.2 Å². The highest BCUT2D eigenvalue weighted by Gasteiger charge is 2.13. The van der Waals surface area contributed by atoms with Gasteiger partial charge in [-0.05, 0) is 35.2 Å². The molecule has 0 fully saturated rings. The van der Waals surface area contributed by atoms with E-state index in [-0.39, 0.29) is 0 Å². The summed E-state index contributed by atoms with van der Waals surface area (Å²) in [5.41, 5.74) is 2.53. The Labute approximate surface area is 117 Å². The molecular weight excluding hydrogens is 284 g/mol. The second kappa shape index (κ2) is 4.68. The van der Waals surface area contributed by atoms with E-state index in [1.54, 1.807) is 23.8 Å². The summed E-state index contributed by atoms with van der Waals surface area (Å²) in [6, 6.07) is 7.31. The lowest BCUT2D eigenvalue weighted by atomic mass is 10.2. The third kappa shape index (κ3) is 2.22. The molecule has 0 aliphatic carbocycles. The van der Waals surface area contributed by atoms with Crippen LogP contribution in [0.2, 0.25) is 5.02 Å². The summed E-state index contributed by atoms with van der Waals surface area (Å²) in [6.07, 6.45) is 1.70. The number of aromatic carboxylic acids is 1.